The number of carbonyl (C=O) groups excluding carboxylic acids is 1. The maximum absolute atomic E-state index is 12.1. The number of benzene rings is 1. The normalized spacial score (nSPS) is 19.8. The number of hydrogen-bond donors (Lipinski definition) is 2. The molecule has 0 radical (unpaired) electrons. The molecule has 1 aliphatic heterocycles. The standard InChI is InChI=1S/C16H25N3O/c1-2-8-18-16(20)14-6-4-9-19(12-14)11-13-5-3-7-15(17)10-13/h3,5,7,10,14H,2,4,6,8-9,11-12,17H2,1H3,(H,18,20). The fourth-order valence-electron chi connectivity index (χ4n) is 2.76. The highest BCUT2D eigenvalue weighted by Crippen LogP contribution is 2.19. The van der Waals surface area contributed by atoms with E-state index >= 15 is 0 Å². The molecule has 0 aliphatic carbocycles. The average molecular weight is 275 g/mol. The summed E-state index contributed by atoms with van der Waals surface area (Å²) in [5.74, 6) is 0.348. The van der Waals surface area contributed by atoms with Gasteiger partial charge < -0.3 is 11.1 Å². The number of nitrogen functional groups attached to an aromatic ring is 1. The van der Waals surface area contributed by atoms with Crippen LogP contribution in [0, 0.1) is 5.92 Å². The number of piperidine rings is 1. The number of likely N-dealkylation sites (tertiary alicyclic amines) is 1. The van der Waals surface area contributed by atoms with E-state index in [1.165, 1.54) is 5.56 Å². The van der Waals surface area contributed by atoms with E-state index in [9.17, 15) is 4.79 Å². The van der Waals surface area contributed by atoms with Crippen LogP contribution in [0.15, 0.2) is 24.3 Å². The van der Waals surface area contributed by atoms with E-state index < -0.39 is 0 Å². The first-order valence-electron chi connectivity index (χ1n) is 7.53. The first-order chi connectivity index (χ1) is 9.69. The van der Waals surface area contributed by atoms with E-state index in [4.69, 9.17) is 5.73 Å². The Balaban J connectivity index is 1.88. The second-order valence-electron chi connectivity index (χ2n) is 5.61. The highest BCUT2D eigenvalue weighted by Gasteiger charge is 2.25. The molecular weight excluding hydrogens is 250 g/mol. The summed E-state index contributed by atoms with van der Waals surface area (Å²) in [6, 6.07) is 8.00. The third-order valence-electron chi connectivity index (χ3n) is 3.78. The number of amides is 1. The highest BCUT2D eigenvalue weighted by molar-refractivity contribution is 5.78. The lowest BCUT2D eigenvalue weighted by molar-refractivity contribution is -0.126. The minimum absolute atomic E-state index is 0.136. The van der Waals surface area contributed by atoms with Gasteiger partial charge in [0.1, 0.15) is 0 Å². The summed E-state index contributed by atoms with van der Waals surface area (Å²) in [6.07, 6.45) is 3.08. The second kappa shape index (κ2) is 7.29. The van der Waals surface area contributed by atoms with E-state index in [0.29, 0.717) is 0 Å². The van der Waals surface area contributed by atoms with Crippen molar-refractivity contribution >= 4 is 11.6 Å². The summed E-state index contributed by atoms with van der Waals surface area (Å²) in [5.41, 5.74) is 7.84. The van der Waals surface area contributed by atoms with Crippen LogP contribution in [0.2, 0.25) is 0 Å². The molecule has 4 heteroatoms. The van der Waals surface area contributed by atoms with Gasteiger partial charge in [-0.05, 0) is 43.5 Å². The average Bonchev–Trinajstić information content (AvgIpc) is 2.45. The smallest absolute Gasteiger partial charge is 0.224 e. The molecule has 0 spiro atoms. The Morgan fingerprint density at radius 3 is 3.10 bits per heavy atom. The number of nitrogens with zero attached hydrogens (tertiary/aromatic N) is 1. The van der Waals surface area contributed by atoms with Gasteiger partial charge in [-0.1, -0.05) is 19.1 Å². The monoisotopic (exact) mass is 275 g/mol. The molecule has 1 fully saturated rings. The number of hydrogen-bond acceptors (Lipinski definition) is 3. The van der Waals surface area contributed by atoms with Crippen LogP contribution in [-0.2, 0) is 11.3 Å². The molecular formula is C16H25N3O. The number of nitrogens with two attached hydrogens (primary N) is 1. The van der Waals surface area contributed by atoms with Gasteiger partial charge in [-0.15, -0.1) is 0 Å². The van der Waals surface area contributed by atoms with Gasteiger partial charge in [0.05, 0.1) is 5.92 Å². The van der Waals surface area contributed by atoms with Gasteiger partial charge in [0.15, 0.2) is 0 Å². The number of anilines is 1. The molecule has 3 N–H and O–H groups in total. The Morgan fingerprint density at radius 2 is 2.35 bits per heavy atom. The Bertz CT molecular complexity index is 447. The van der Waals surface area contributed by atoms with Gasteiger partial charge in [0, 0.05) is 25.3 Å². The predicted octanol–water partition coefficient (Wildman–Crippen LogP) is 2.01. The van der Waals surface area contributed by atoms with Crippen molar-refractivity contribution in [2.24, 2.45) is 5.92 Å². The van der Waals surface area contributed by atoms with Gasteiger partial charge in [-0.3, -0.25) is 9.69 Å². The largest absolute Gasteiger partial charge is 0.399 e. The van der Waals surface area contributed by atoms with Crippen LogP contribution in [-0.4, -0.2) is 30.4 Å². The minimum atomic E-state index is 0.136. The number of nitrogens with one attached hydrogen (secondary N) is 1. The first-order valence-corrected chi connectivity index (χ1v) is 7.53. The van der Waals surface area contributed by atoms with Crippen molar-refractivity contribution in [1.82, 2.24) is 10.2 Å². The van der Waals surface area contributed by atoms with Crippen molar-refractivity contribution in [3.8, 4) is 0 Å². The molecule has 20 heavy (non-hydrogen) atoms. The van der Waals surface area contributed by atoms with Crippen LogP contribution >= 0.6 is 0 Å². The van der Waals surface area contributed by atoms with Crippen LogP contribution in [0.4, 0.5) is 5.69 Å². The molecule has 4 nitrogen and oxygen atoms in total. The third kappa shape index (κ3) is 4.23. The summed E-state index contributed by atoms with van der Waals surface area (Å²) in [5, 5.41) is 3.01. The third-order valence-corrected chi connectivity index (χ3v) is 3.78. The van der Waals surface area contributed by atoms with Crippen molar-refractivity contribution < 1.29 is 4.79 Å². The summed E-state index contributed by atoms with van der Waals surface area (Å²) in [7, 11) is 0. The molecule has 1 amide bonds. The van der Waals surface area contributed by atoms with E-state index in [-0.39, 0.29) is 11.8 Å². The van der Waals surface area contributed by atoms with E-state index in [1.54, 1.807) is 0 Å². The van der Waals surface area contributed by atoms with E-state index in [2.05, 4.69) is 23.2 Å². The van der Waals surface area contributed by atoms with Crippen molar-refractivity contribution in [1.29, 1.82) is 0 Å². The second-order valence-corrected chi connectivity index (χ2v) is 5.61. The lowest BCUT2D eigenvalue weighted by Crippen LogP contribution is -2.42. The fraction of sp³-hybridized carbons (Fsp3) is 0.562. The highest BCUT2D eigenvalue weighted by atomic mass is 16.1. The molecule has 1 aromatic carbocycles. The van der Waals surface area contributed by atoms with E-state index in [1.807, 2.05) is 18.2 Å². The molecule has 1 heterocycles. The van der Waals surface area contributed by atoms with Crippen LogP contribution in [0.5, 0.6) is 0 Å². The van der Waals surface area contributed by atoms with Gasteiger partial charge in [-0.25, -0.2) is 0 Å². The topological polar surface area (TPSA) is 58.4 Å². The van der Waals surface area contributed by atoms with Gasteiger partial charge in [0.2, 0.25) is 5.91 Å². The van der Waals surface area contributed by atoms with E-state index in [0.717, 1.165) is 51.1 Å². The SMILES string of the molecule is CCCNC(=O)C1CCCN(Cc2cccc(N)c2)C1. The molecule has 1 aromatic rings. The first kappa shape index (κ1) is 14.9. The van der Waals surface area contributed by atoms with Crippen LogP contribution in [0.1, 0.15) is 31.7 Å². The summed E-state index contributed by atoms with van der Waals surface area (Å²) in [6.45, 7) is 5.65. The predicted molar refractivity (Wildman–Crippen MR) is 82.2 cm³/mol. The zero-order valence-corrected chi connectivity index (χ0v) is 12.3. The van der Waals surface area contributed by atoms with Crippen molar-refractivity contribution in [2.45, 2.75) is 32.7 Å². The number of carbonyl (C=O) groups is 1. The van der Waals surface area contributed by atoms with Crippen LogP contribution in [0.25, 0.3) is 0 Å². The van der Waals surface area contributed by atoms with Gasteiger partial charge in [-0.2, -0.15) is 0 Å². The van der Waals surface area contributed by atoms with Crippen molar-refractivity contribution in [3.63, 3.8) is 0 Å². The Labute approximate surface area is 121 Å². The van der Waals surface area contributed by atoms with Crippen LogP contribution < -0.4 is 11.1 Å². The molecule has 0 saturated carbocycles. The van der Waals surface area contributed by atoms with Gasteiger partial charge in [0.25, 0.3) is 0 Å². The number of rotatable bonds is 5. The maximum atomic E-state index is 12.1. The van der Waals surface area contributed by atoms with Crippen molar-refractivity contribution in [2.75, 3.05) is 25.4 Å². The summed E-state index contributed by atoms with van der Waals surface area (Å²) < 4.78 is 0. The molecule has 0 bridgehead atoms. The molecule has 1 saturated heterocycles. The Kier molecular flexibility index (Phi) is 5.41. The quantitative estimate of drug-likeness (QED) is 0.808. The summed E-state index contributed by atoms with van der Waals surface area (Å²) >= 11 is 0. The molecule has 1 atom stereocenters. The van der Waals surface area contributed by atoms with Gasteiger partial charge >= 0.3 is 0 Å². The Morgan fingerprint density at radius 1 is 1.50 bits per heavy atom. The molecule has 1 unspecified atom stereocenters. The van der Waals surface area contributed by atoms with Crippen LogP contribution in [0.3, 0.4) is 0 Å². The molecule has 0 aromatic heterocycles. The molecule has 110 valence electrons. The Hall–Kier alpha value is -1.55. The van der Waals surface area contributed by atoms with Crippen molar-refractivity contribution in [3.05, 3.63) is 29.8 Å². The molecule has 2 rings (SSSR count). The lowest BCUT2D eigenvalue weighted by Gasteiger charge is -2.32. The minimum Gasteiger partial charge on any atom is -0.399 e. The zero-order chi connectivity index (χ0) is 14.4. The maximum Gasteiger partial charge on any atom is 0.224 e. The fourth-order valence-corrected chi connectivity index (χ4v) is 2.76. The molecule has 1 aliphatic rings. The summed E-state index contributed by atoms with van der Waals surface area (Å²) in [4.78, 5) is 14.4. The lowest BCUT2D eigenvalue weighted by atomic mass is 9.96. The zero-order valence-electron chi connectivity index (χ0n) is 12.3.